The first-order chi connectivity index (χ1) is 18.9. The largest absolute Gasteiger partial charge is 0.427 e. The Hall–Kier alpha value is -3.96. The van der Waals surface area contributed by atoms with E-state index in [1.54, 1.807) is 18.2 Å². The Morgan fingerprint density at radius 1 is 1.15 bits per heavy atom. The number of nitrogens with one attached hydrogen (secondary N) is 1. The molecule has 2 aromatic carbocycles. The number of rotatable bonds is 7. The summed E-state index contributed by atoms with van der Waals surface area (Å²) in [6, 6.07) is 7.28. The van der Waals surface area contributed by atoms with Crippen molar-refractivity contribution in [2.45, 2.75) is 63.4 Å². The van der Waals surface area contributed by atoms with Crippen LogP contribution in [0.1, 0.15) is 49.3 Å². The number of alkyl halides is 3. The van der Waals surface area contributed by atoms with Gasteiger partial charge in [-0.05, 0) is 61.6 Å². The highest BCUT2D eigenvalue weighted by Gasteiger charge is 2.58. The molecule has 1 spiro atoms. The van der Waals surface area contributed by atoms with Gasteiger partial charge in [0.2, 0.25) is 17.4 Å². The van der Waals surface area contributed by atoms with Gasteiger partial charge in [0.05, 0.1) is 0 Å². The second-order valence-corrected chi connectivity index (χ2v) is 10.4. The fraction of sp³-hybridized carbons (Fsp3) is 0.429. The Morgan fingerprint density at radius 2 is 1.85 bits per heavy atom. The molecule has 4 amide bonds. The van der Waals surface area contributed by atoms with Gasteiger partial charge in [-0.2, -0.15) is 13.2 Å². The molecule has 0 unspecified atom stereocenters. The monoisotopic (exact) mass is 561 g/mol. The first-order valence-corrected chi connectivity index (χ1v) is 13.0. The molecule has 2 aromatic rings. The molecule has 0 radical (unpaired) electrons. The van der Waals surface area contributed by atoms with Gasteiger partial charge in [-0.3, -0.25) is 14.4 Å². The van der Waals surface area contributed by atoms with E-state index in [2.05, 4.69) is 5.32 Å². The van der Waals surface area contributed by atoms with Gasteiger partial charge in [0.15, 0.2) is 0 Å². The standard InChI is InChI=1S/C28H27F4N3O5/c1-16(28(30,31)32)34(14-17-5-7-20(29)8-6-17)23(36)15-35-25(38)27(40-26(35)39)12-11-19-13-21(9-10-22(19)27)33-24(37)18-3-2-4-18/h5-10,13,16,18H,2-4,11-12,14-15H2,1H3,(H,33,37)/t16-,27+/m0/s1. The Balaban J connectivity index is 1.34. The summed E-state index contributed by atoms with van der Waals surface area (Å²) in [5.41, 5.74) is 0.191. The number of hydrogen-bond donors (Lipinski definition) is 1. The predicted molar refractivity (Wildman–Crippen MR) is 133 cm³/mol. The lowest BCUT2D eigenvalue weighted by Crippen LogP contribution is -2.51. The summed E-state index contributed by atoms with van der Waals surface area (Å²) in [4.78, 5) is 52.8. The third-order valence-corrected chi connectivity index (χ3v) is 7.92. The van der Waals surface area contributed by atoms with Crippen molar-refractivity contribution in [3.05, 3.63) is 65.0 Å². The molecule has 40 heavy (non-hydrogen) atoms. The minimum Gasteiger partial charge on any atom is -0.427 e. The number of imide groups is 1. The summed E-state index contributed by atoms with van der Waals surface area (Å²) in [6.45, 7) is -0.673. The van der Waals surface area contributed by atoms with Gasteiger partial charge in [0.25, 0.3) is 5.91 Å². The smallest absolute Gasteiger partial charge is 0.418 e. The number of hydrogen-bond acceptors (Lipinski definition) is 5. The fourth-order valence-corrected chi connectivity index (χ4v) is 5.28. The summed E-state index contributed by atoms with van der Waals surface area (Å²) in [5.74, 6) is -2.65. The number of amides is 4. The predicted octanol–water partition coefficient (Wildman–Crippen LogP) is 4.66. The fourth-order valence-electron chi connectivity index (χ4n) is 5.28. The summed E-state index contributed by atoms with van der Waals surface area (Å²) >= 11 is 0. The first kappa shape index (κ1) is 27.6. The lowest BCUT2D eigenvalue weighted by atomic mass is 9.85. The molecule has 8 nitrogen and oxygen atoms in total. The van der Waals surface area contributed by atoms with Crippen LogP contribution in [0.4, 0.5) is 28.0 Å². The van der Waals surface area contributed by atoms with Gasteiger partial charge in [0, 0.05) is 30.1 Å². The van der Waals surface area contributed by atoms with Crippen molar-refractivity contribution < 1.29 is 41.5 Å². The molecular weight excluding hydrogens is 534 g/mol. The molecule has 1 saturated heterocycles. The molecule has 3 aliphatic rings. The maximum Gasteiger partial charge on any atom is 0.418 e. The molecule has 2 atom stereocenters. The van der Waals surface area contributed by atoms with Crippen LogP contribution in [0.2, 0.25) is 0 Å². The third-order valence-electron chi connectivity index (χ3n) is 7.92. The summed E-state index contributed by atoms with van der Waals surface area (Å²) in [7, 11) is 0. The number of nitrogens with zero attached hydrogens (tertiary/aromatic N) is 2. The van der Waals surface area contributed by atoms with E-state index in [-0.39, 0.29) is 23.8 Å². The zero-order valence-electron chi connectivity index (χ0n) is 21.6. The van der Waals surface area contributed by atoms with Crippen LogP contribution in [-0.2, 0) is 37.7 Å². The Labute approximate surface area is 227 Å². The highest BCUT2D eigenvalue weighted by atomic mass is 19.4. The van der Waals surface area contributed by atoms with Gasteiger partial charge in [-0.25, -0.2) is 14.1 Å². The summed E-state index contributed by atoms with van der Waals surface area (Å²) in [5, 5.41) is 2.86. The average Bonchev–Trinajstić information content (AvgIpc) is 3.33. The number of anilines is 1. The van der Waals surface area contributed by atoms with Crippen molar-refractivity contribution in [3.63, 3.8) is 0 Å². The van der Waals surface area contributed by atoms with E-state index in [1.165, 1.54) is 12.1 Å². The van der Waals surface area contributed by atoms with E-state index in [0.717, 1.165) is 38.3 Å². The van der Waals surface area contributed by atoms with Crippen LogP contribution < -0.4 is 5.32 Å². The van der Waals surface area contributed by atoms with Crippen LogP contribution in [0.5, 0.6) is 0 Å². The molecule has 1 aliphatic heterocycles. The number of benzene rings is 2. The number of halogens is 4. The normalized spacial score (nSPS) is 21.2. The van der Waals surface area contributed by atoms with Gasteiger partial charge >= 0.3 is 12.3 Å². The number of ether oxygens (including phenoxy) is 1. The minimum absolute atomic E-state index is 0.0225. The van der Waals surface area contributed by atoms with Gasteiger partial charge in [-0.1, -0.05) is 24.6 Å². The molecule has 0 aromatic heterocycles. The number of carbonyl (C=O) groups is 4. The Bertz CT molecular complexity index is 1360. The van der Waals surface area contributed by atoms with Crippen molar-refractivity contribution in [1.29, 1.82) is 0 Å². The zero-order chi connectivity index (χ0) is 28.8. The van der Waals surface area contributed by atoms with E-state index in [4.69, 9.17) is 4.74 Å². The first-order valence-electron chi connectivity index (χ1n) is 13.0. The van der Waals surface area contributed by atoms with Crippen molar-refractivity contribution >= 4 is 29.5 Å². The molecule has 2 aliphatic carbocycles. The topological polar surface area (TPSA) is 96.0 Å². The number of fused-ring (bicyclic) bond motifs is 2. The SMILES string of the molecule is C[C@H](N(Cc1ccc(F)cc1)C(=O)CN1C(=O)O[C@@]2(CCc3cc(NC(=O)C4CCC4)ccc32)C1=O)C(F)(F)F. The minimum atomic E-state index is -4.79. The van der Waals surface area contributed by atoms with Gasteiger partial charge < -0.3 is 15.0 Å². The maximum atomic E-state index is 13.6. The highest BCUT2D eigenvalue weighted by molar-refractivity contribution is 6.06. The van der Waals surface area contributed by atoms with E-state index in [0.29, 0.717) is 33.0 Å². The van der Waals surface area contributed by atoms with Crippen molar-refractivity contribution in [2.75, 3.05) is 11.9 Å². The molecule has 1 N–H and O–H groups in total. The van der Waals surface area contributed by atoms with E-state index >= 15 is 0 Å². The summed E-state index contributed by atoms with van der Waals surface area (Å²) < 4.78 is 59.7. The lowest BCUT2D eigenvalue weighted by Gasteiger charge is -2.31. The Kier molecular flexibility index (Phi) is 7.05. The molecule has 0 bridgehead atoms. The van der Waals surface area contributed by atoms with Crippen LogP contribution in [0.15, 0.2) is 42.5 Å². The zero-order valence-corrected chi connectivity index (χ0v) is 21.6. The van der Waals surface area contributed by atoms with Gasteiger partial charge in [-0.15, -0.1) is 0 Å². The van der Waals surface area contributed by atoms with Crippen molar-refractivity contribution in [1.82, 2.24) is 9.80 Å². The molecular formula is C28H27F4N3O5. The van der Waals surface area contributed by atoms with E-state index in [9.17, 15) is 36.7 Å². The Morgan fingerprint density at radius 3 is 2.48 bits per heavy atom. The van der Waals surface area contributed by atoms with Crippen LogP contribution in [-0.4, -0.2) is 52.4 Å². The summed E-state index contributed by atoms with van der Waals surface area (Å²) in [6.07, 6.45) is -2.79. The van der Waals surface area contributed by atoms with Gasteiger partial charge in [0.1, 0.15) is 18.4 Å². The van der Waals surface area contributed by atoms with Crippen LogP contribution in [0, 0.1) is 11.7 Å². The van der Waals surface area contributed by atoms with E-state index < -0.39 is 54.6 Å². The molecule has 212 valence electrons. The van der Waals surface area contributed by atoms with Crippen LogP contribution in [0.25, 0.3) is 0 Å². The molecule has 12 heteroatoms. The average molecular weight is 562 g/mol. The van der Waals surface area contributed by atoms with Crippen LogP contribution >= 0.6 is 0 Å². The third kappa shape index (κ3) is 5.02. The van der Waals surface area contributed by atoms with Crippen molar-refractivity contribution in [2.24, 2.45) is 5.92 Å². The van der Waals surface area contributed by atoms with Crippen LogP contribution in [0.3, 0.4) is 0 Å². The maximum absolute atomic E-state index is 13.6. The second-order valence-electron chi connectivity index (χ2n) is 10.4. The lowest BCUT2D eigenvalue weighted by molar-refractivity contribution is -0.187. The molecule has 1 saturated carbocycles. The quantitative estimate of drug-likeness (QED) is 0.496. The second kappa shape index (κ2) is 10.2. The molecule has 5 rings (SSSR count). The number of carbonyl (C=O) groups excluding carboxylic acids is 4. The number of aryl methyl sites for hydroxylation is 1. The van der Waals surface area contributed by atoms with Crippen molar-refractivity contribution in [3.8, 4) is 0 Å². The van der Waals surface area contributed by atoms with E-state index in [1.807, 2.05) is 0 Å². The molecule has 2 fully saturated rings. The molecule has 1 heterocycles. The highest BCUT2D eigenvalue weighted by Crippen LogP contribution is 2.46.